The lowest BCUT2D eigenvalue weighted by atomic mass is 10.1. The topological polar surface area (TPSA) is 91.5 Å². The van der Waals surface area contributed by atoms with Crippen LogP contribution in [0.1, 0.15) is 22.5 Å². The van der Waals surface area contributed by atoms with Crippen molar-refractivity contribution < 1.29 is 9.52 Å². The van der Waals surface area contributed by atoms with Crippen LogP contribution in [0.15, 0.2) is 50.8 Å². The molecule has 2 aromatic heterocycles. The molecular formula is C19H13Cl2N3O3. The Balaban J connectivity index is 2.13. The molecule has 0 aliphatic carbocycles. The summed E-state index contributed by atoms with van der Waals surface area (Å²) in [6.45, 7) is 1.55. The maximum absolute atomic E-state index is 12.5. The van der Waals surface area contributed by atoms with E-state index in [9.17, 15) is 15.2 Å². The fraction of sp³-hybridized carbons (Fsp3) is 0.105. The van der Waals surface area contributed by atoms with Gasteiger partial charge in [-0.25, -0.2) is 0 Å². The van der Waals surface area contributed by atoms with Crippen molar-refractivity contribution in [3.05, 3.63) is 79.4 Å². The first-order valence-corrected chi connectivity index (χ1v) is 8.56. The summed E-state index contributed by atoms with van der Waals surface area (Å²) >= 11 is 12.0. The molecular weight excluding hydrogens is 389 g/mol. The summed E-state index contributed by atoms with van der Waals surface area (Å²) in [7, 11) is 0. The molecule has 2 heterocycles. The number of aromatic hydroxyl groups is 1. The van der Waals surface area contributed by atoms with Crippen LogP contribution in [-0.2, 0) is 6.54 Å². The quantitative estimate of drug-likeness (QED) is 0.654. The van der Waals surface area contributed by atoms with Crippen LogP contribution in [0.4, 0.5) is 5.69 Å². The zero-order valence-corrected chi connectivity index (χ0v) is 15.6. The van der Waals surface area contributed by atoms with E-state index in [0.717, 1.165) is 4.57 Å². The summed E-state index contributed by atoms with van der Waals surface area (Å²) in [5.41, 5.74) is 0.309. The molecule has 0 spiro atoms. The third-order valence-corrected chi connectivity index (χ3v) is 4.52. The smallest absolute Gasteiger partial charge is 0.271 e. The van der Waals surface area contributed by atoms with Gasteiger partial charge in [-0.3, -0.25) is 14.4 Å². The van der Waals surface area contributed by atoms with Crippen molar-refractivity contribution in [2.75, 3.05) is 0 Å². The summed E-state index contributed by atoms with van der Waals surface area (Å²) in [5, 5.41) is 20.8. The molecule has 3 aromatic rings. The van der Waals surface area contributed by atoms with Gasteiger partial charge in [0.1, 0.15) is 17.4 Å². The maximum Gasteiger partial charge on any atom is 0.271 e. The van der Waals surface area contributed by atoms with Crippen LogP contribution in [0, 0.1) is 18.3 Å². The van der Waals surface area contributed by atoms with Gasteiger partial charge < -0.3 is 9.52 Å². The van der Waals surface area contributed by atoms with Crippen LogP contribution in [0.5, 0.6) is 5.88 Å². The second-order valence-corrected chi connectivity index (χ2v) is 6.52. The first-order chi connectivity index (χ1) is 12.9. The number of halogens is 2. The van der Waals surface area contributed by atoms with E-state index in [1.165, 1.54) is 12.5 Å². The Labute approximate surface area is 164 Å². The van der Waals surface area contributed by atoms with Crippen LogP contribution in [0.2, 0.25) is 10.0 Å². The van der Waals surface area contributed by atoms with E-state index in [4.69, 9.17) is 27.6 Å². The number of pyridine rings is 1. The zero-order chi connectivity index (χ0) is 19.6. The van der Waals surface area contributed by atoms with Gasteiger partial charge >= 0.3 is 0 Å². The van der Waals surface area contributed by atoms with Gasteiger partial charge in [-0.1, -0.05) is 23.2 Å². The summed E-state index contributed by atoms with van der Waals surface area (Å²) in [6.07, 6.45) is 2.82. The standard InChI is InChI=1S/C19H13Cl2N3O3/c1-11-14(8-22)18(25)24(10-13-3-2-6-27-13)19(26)15(11)9-23-17-5-4-12(20)7-16(17)21/h2-7,9,26H,10H2,1H3. The van der Waals surface area contributed by atoms with Gasteiger partial charge in [0.25, 0.3) is 5.56 Å². The van der Waals surface area contributed by atoms with E-state index in [1.807, 2.05) is 6.07 Å². The lowest BCUT2D eigenvalue weighted by Crippen LogP contribution is -2.25. The van der Waals surface area contributed by atoms with Crippen LogP contribution >= 0.6 is 23.2 Å². The number of nitrogens with zero attached hydrogens (tertiary/aromatic N) is 3. The minimum absolute atomic E-state index is 0.0187. The largest absolute Gasteiger partial charge is 0.494 e. The molecule has 0 radical (unpaired) electrons. The number of rotatable bonds is 4. The van der Waals surface area contributed by atoms with Crippen molar-refractivity contribution in [1.29, 1.82) is 5.26 Å². The molecule has 0 aliphatic rings. The molecule has 1 N–H and O–H groups in total. The Bertz CT molecular complexity index is 1130. The van der Waals surface area contributed by atoms with E-state index in [0.29, 0.717) is 27.1 Å². The summed E-state index contributed by atoms with van der Waals surface area (Å²) < 4.78 is 6.29. The molecule has 0 aliphatic heterocycles. The highest BCUT2D eigenvalue weighted by Gasteiger charge is 2.19. The SMILES string of the molecule is Cc1c(C=Nc2ccc(Cl)cc2Cl)c(O)n(Cc2ccco2)c(=O)c1C#N. The molecule has 6 nitrogen and oxygen atoms in total. The Morgan fingerprint density at radius 3 is 2.78 bits per heavy atom. The summed E-state index contributed by atoms with van der Waals surface area (Å²) in [5.74, 6) is 0.144. The van der Waals surface area contributed by atoms with Crippen molar-refractivity contribution in [1.82, 2.24) is 4.57 Å². The Morgan fingerprint density at radius 2 is 2.15 bits per heavy atom. The highest BCUT2D eigenvalue weighted by atomic mass is 35.5. The fourth-order valence-electron chi connectivity index (χ4n) is 2.55. The predicted molar refractivity (Wildman–Crippen MR) is 103 cm³/mol. The number of hydrogen-bond acceptors (Lipinski definition) is 5. The lowest BCUT2D eigenvalue weighted by molar-refractivity contribution is 0.397. The first-order valence-electron chi connectivity index (χ1n) is 7.80. The van der Waals surface area contributed by atoms with Crippen LogP contribution in [-0.4, -0.2) is 15.9 Å². The minimum atomic E-state index is -0.606. The number of aromatic nitrogens is 1. The van der Waals surface area contributed by atoms with Gasteiger partial charge in [0, 0.05) is 11.2 Å². The number of nitriles is 1. The minimum Gasteiger partial charge on any atom is -0.494 e. The molecule has 8 heteroatoms. The molecule has 0 unspecified atom stereocenters. The van der Waals surface area contributed by atoms with Crippen LogP contribution in [0.3, 0.4) is 0 Å². The zero-order valence-electron chi connectivity index (χ0n) is 14.1. The van der Waals surface area contributed by atoms with Crippen molar-refractivity contribution in [3.8, 4) is 11.9 Å². The summed E-state index contributed by atoms with van der Waals surface area (Å²) in [6, 6.07) is 10.0. The molecule has 136 valence electrons. The second kappa shape index (κ2) is 7.70. The van der Waals surface area contributed by atoms with Gasteiger partial charge in [0.2, 0.25) is 5.88 Å². The molecule has 0 bridgehead atoms. The first kappa shape index (κ1) is 18.8. The lowest BCUT2D eigenvalue weighted by Gasteiger charge is -2.13. The molecule has 0 saturated carbocycles. The average Bonchev–Trinajstić information content (AvgIpc) is 3.14. The van der Waals surface area contributed by atoms with Crippen LogP contribution < -0.4 is 5.56 Å². The van der Waals surface area contributed by atoms with E-state index in [2.05, 4.69) is 4.99 Å². The number of hydrogen-bond donors (Lipinski definition) is 1. The number of aliphatic imine (C=N–C) groups is 1. The molecule has 1 aromatic carbocycles. The third kappa shape index (κ3) is 3.75. The van der Waals surface area contributed by atoms with Crippen molar-refractivity contribution >= 4 is 35.1 Å². The number of furan rings is 1. The highest BCUT2D eigenvalue weighted by molar-refractivity contribution is 6.36. The van der Waals surface area contributed by atoms with Crippen molar-refractivity contribution in [2.24, 2.45) is 4.99 Å². The van der Waals surface area contributed by atoms with Crippen LogP contribution in [0.25, 0.3) is 0 Å². The second-order valence-electron chi connectivity index (χ2n) is 5.67. The highest BCUT2D eigenvalue weighted by Crippen LogP contribution is 2.29. The molecule has 0 atom stereocenters. The Hall–Kier alpha value is -3.01. The third-order valence-electron chi connectivity index (χ3n) is 3.98. The monoisotopic (exact) mass is 401 g/mol. The van der Waals surface area contributed by atoms with Gasteiger partial charge in [0.05, 0.1) is 29.1 Å². The van der Waals surface area contributed by atoms with E-state index in [-0.39, 0.29) is 23.6 Å². The molecule has 3 rings (SSSR count). The molecule has 0 fully saturated rings. The number of benzene rings is 1. The van der Waals surface area contributed by atoms with Gasteiger partial charge in [-0.2, -0.15) is 5.26 Å². The van der Waals surface area contributed by atoms with E-state index >= 15 is 0 Å². The Kier molecular flexibility index (Phi) is 5.36. The molecule has 0 amide bonds. The average molecular weight is 402 g/mol. The van der Waals surface area contributed by atoms with E-state index in [1.54, 1.807) is 37.3 Å². The van der Waals surface area contributed by atoms with Gasteiger partial charge in [-0.05, 0) is 42.8 Å². The molecule has 0 saturated heterocycles. The van der Waals surface area contributed by atoms with Crippen molar-refractivity contribution in [2.45, 2.75) is 13.5 Å². The predicted octanol–water partition coefficient (Wildman–Crippen LogP) is 4.43. The molecule has 27 heavy (non-hydrogen) atoms. The van der Waals surface area contributed by atoms with Crippen molar-refractivity contribution in [3.63, 3.8) is 0 Å². The maximum atomic E-state index is 12.5. The summed E-state index contributed by atoms with van der Waals surface area (Å²) in [4.78, 5) is 16.8. The van der Waals surface area contributed by atoms with E-state index < -0.39 is 5.56 Å². The Morgan fingerprint density at radius 1 is 1.37 bits per heavy atom. The normalized spacial score (nSPS) is 11.0. The fourth-order valence-corrected chi connectivity index (χ4v) is 3.01. The van der Waals surface area contributed by atoms with Gasteiger partial charge in [0.15, 0.2) is 0 Å². The van der Waals surface area contributed by atoms with Gasteiger partial charge in [-0.15, -0.1) is 0 Å².